The van der Waals surface area contributed by atoms with E-state index in [0.717, 1.165) is 70.6 Å². The van der Waals surface area contributed by atoms with Gasteiger partial charge >= 0.3 is 5.97 Å². The Kier molecular flexibility index (Phi) is 47.2. The Morgan fingerprint density at radius 1 is 0.521 bits per heavy atom. The molecule has 1 saturated heterocycles. The molecule has 6 N–H and O–H groups in total. The van der Waals surface area contributed by atoms with Gasteiger partial charge < -0.3 is 45.1 Å². The van der Waals surface area contributed by atoms with Gasteiger partial charge in [0.15, 0.2) is 6.29 Å². The maximum atomic E-state index is 13.0. The highest BCUT2D eigenvalue weighted by atomic mass is 16.7. The highest BCUT2D eigenvalue weighted by Crippen LogP contribution is 2.23. The molecule has 0 aliphatic carbocycles. The number of carbonyl (C=O) groups excluding carboxylic acids is 2. The van der Waals surface area contributed by atoms with Crippen molar-refractivity contribution in [2.45, 2.75) is 314 Å². The van der Waals surface area contributed by atoms with Gasteiger partial charge in [0.1, 0.15) is 24.4 Å². The molecule has 7 atom stereocenters. The number of hydrogen-bond donors (Lipinski definition) is 6. The zero-order valence-corrected chi connectivity index (χ0v) is 45.7. The largest absolute Gasteiger partial charge is 0.466 e. The van der Waals surface area contributed by atoms with E-state index in [-0.39, 0.29) is 18.5 Å². The normalized spacial score (nSPS) is 19.3. The summed E-state index contributed by atoms with van der Waals surface area (Å²) in [6, 6.07) is -0.813. The predicted molar refractivity (Wildman–Crippen MR) is 292 cm³/mol. The molecule has 1 rings (SSSR count). The van der Waals surface area contributed by atoms with Gasteiger partial charge in [0.05, 0.1) is 32.0 Å². The summed E-state index contributed by atoms with van der Waals surface area (Å²) in [6.07, 6.45) is 51.0. The van der Waals surface area contributed by atoms with Crippen molar-refractivity contribution in [1.82, 2.24) is 5.32 Å². The lowest BCUT2D eigenvalue weighted by molar-refractivity contribution is -0.302. The van der Waals surface area contributed by atoms with Crippen molar-refractivity contribution in [1.29, 1.82) is 0 Å². The van der Waals surface area contributed by atoms with Crippen molar-refractivity contribution in [2.24, 2.45) is 0 Å². The maximum absolute atomic E-state index is 13.0. The molecule has 0 radical (unpaired) electrons. The number of rotatable bonds is 51. The Hall–Kier alpha value is -2.12. The van der Waals surface area contributed by atoms with E-state index in [0.29, 0.717) is 19.4 Å². The Morgan fingerprint density at radius 2 is 0.944 bits per heavy atom. The van der Waals surface area contributed by atoms with E-state index < -0.39 is 49.5 Å². The standard InChI is InChI=1S/C60H111NO10/c1-3-5-7-9-11-13-14-15-16-18-22-25-28-32-36-40-44-48-56(65)69-49-45-41-37-33-29-26-23-20-17-19-21-24-27-31-35-39-43-47-55(64)61-52(53(63)46-42-38-34-30-12-10-8-6-4-2)51-70-60-59(68)58(67)57(66)54(50-62)71-60/h11,13,15-16,42,46,52-54,57-60,62-63,66-68H,3-10,12,14,17-41,43-45,47-51H2,1-2H3,(H,61,64)/b13-11-,16-15-,46-42+. The van der Waals surface area contributed by atoms with Crippen LogP contribution in [0.5, 0.6) is 0 Å². The van der Waals surface area contributed by atoms with Crippen LogP contribution in [0.4, 0.5) is 0 Å². The first-order valence-electron chi connectivity index (χ1n) is 29.8. The fourth-order valence-corrected chi connectivity index (χ4v) is 9.23. The second-order valence-electron chi connectivity index (χ2n) is 20.7. The smallest absolute Gasteiger partial charge is 0.305 e. The third kappa shape index (κ3) is 39.9. The summed E-state index contributed by atoms with van der Waals surface area (Å²) in [5, 5.41) is 54.2. The summed E-state index contributed by atoms with van der Waals surface area (Å²) >= 11 is 0. The van der Waals surface area contributed by atoms with Crippen LogP contribution in [0.15, 0.2) is 36.5 Å². The van der Waals surface area contributed by atoms with E-state index in [4.69, 9.17) is 14.2 Å². The van der Waals surface area contributed by atoms with Gasteiger partial charge in [-0.15, -0.1) is 0 Å². The summed E-state index contributed by atoms with van der Waals surface area (Å²) in [5.41, 5.74) is 0. The highest BCUT2D eigenvalue weighted by molar-refractivity contribution is 5.76. The number of amides is 1. The van der Waals surface area contributed by atoms with Crippen LogP contribution in [-0.2, 0) is 23.8 Å². The van der Waals surface area contributed by atoms with Crippen LogP contribution in [0.25, 0.3) is 0 Å². The predicted octanol–water partition coefficient (Wildman–Crippen LogP) is 13.5. The van der Waals surface area contributed by atoms with Crippen LogP contribution >= 0.6 is 0 Å². The van der Waals surface area contributed by atoms with E-state index in [1.807, 2.05) is 6.08 Å². The molecule has 0 spiro atoms. The van der Waals surface area contributed by atoms with Gasteiger partial charge in [0, 0.05) is 12.8 Å². The molecule has 11 heteroatoms. The quantitative estimate of drug-likeness (QED) is 0.0195. The first kappa shape index (κ1) is 66.9. The van der Waals surface area contributed by atoms with Crippen LogP contribution in [0.2, 0.25) is 0 Å². The van der Waals surface area contributed by atoms with Crippen LogP contribution < -0.4 is 5.32 Å². The number of hydrogen-bond acceptors (Lipinski definition) is 10. The molecule has 1 heterocycles. The van der Waals surface area contributed by atoms with Crippen molar-refractivity contribution < 1.29 is 49.3 Å². The Morgan fingerprint density at radius 3 is 1.45 bits per heavy atom. The molecule has 416 valence electrons. The minimum Gasteiger partial charge on any atom is -0.466 e. The molecule has 0 saturated carbocycles. The Bertz CT molecular complexity index is 1280. The molecule has 0 aromatic heterocycles. The average Bonchev–Trinajstić information content (AvgIpc) is 3.37. The van der Waals surface area contributed by atoms with Crippen LogP contribution in [0.3, 0.4) is 0 Å². The number of aliphatic hydroxyl groups is 5. The van der Waals surface area contributed by atoms with Crippen LogP contribution in [0.1, 0.15) is 271 Å². The number of unbranched alkanes of at least 4 members (excludes halogenated alkanes) is 33. The van der Waals surface area contributed by atoms with Crippen molar-refractivity contribution in [3.63, 3.8) is 0 Å². The summed E-state index contributed by atoms with van der Waals surface area (Å²) in [4.78, 5) is 25.1. The monoisotopic (exact) mass is 1010 g/mol. The van der Waals surface area contributed by atoms with Gasteiger partial charge in [-0.05, 0) is 64.2 Å². The number of carbonyl (C=O) groups is 2. The molecule has 71 heavy (non-hydrogen) atoms. The van der Waals surface area contributed by atoms with Gasteiger partial charge in [-0.1, -0.05) is 230 Å². The number of aliphatic hydroxyl groups excluding tert-OH is 5. The SMILES string of the molecule is CCCCC/C=C\C/C=C\CCCCCCCCCC(=O)OCCCCCCCCCCCCCCCCCCCC(=O)NC(COC1OC(CO)C(O)C(O)C1O)C(O)/C=C/CCCCCCCCC. The first-order chi connectivity index (χ1) is 34.7. The van der Waals surface area contributed by atoms with E-state index in [2.05, 4.69) is 43.5 Å². The van der Waals surface area contributed by atoms with Gasteiger partial charge in [-0.2, -0.15) is 0 Å². The summed E-state index contributed by atoms with van der Waals surface area (Å²) in [6.45, 7) is 4.27. The van der Waals surface area contributed by atoms with Crippen molar-refractivity contribution in [3.05, 3.63) is 36.5 Å². The fraction of sp³-hybridized carbons (Fsp3) is 0.867. The maximum Gasteiger partial charge on any atom is 0.305 e. The van der Waals surface area contributed by atoms with Crippen LogP contribution in [0, 0.1) is 0 Å². The number of allylic oxidation sites excluding steroid dienone is 5. The lowest BCUT2D eigenvalue weighted by atomic mass is 9.99. The third-order valence-electron chi connectivity index (χ3n) is 14.0. The summed E-state index contributed by atoms with van der Waals surface area (Å²) < 4.78 is 16.7. The second kappa shape index (κ2) is 50.1. The minimum absolute atomic E-state index is 0.0195. The molecular weight excluding hydrogens is 895 g/mol. The van der Waals surface area contributed by atoms with Crippen LogP contribution in [-0.4, -0.2) is 100 Å². The first-order valence-corrected chi connectivity index (χ1v) is 29.8. The average molecular weight is 1010 g/mol. The minimum atomic E-state index is -1.57. The zero-order valence-electron chi connectivity index (χ0n) is 45.7. The van der Waals surface area contributed by atoms with Gasteiger partial charge in [0.2, 0.25) is 5.91 Å². The molecular formula is C60H111NO10. The highest BCUT2D eigenvalue weighted by Gasteiger charge is 2.44. The van der Waals surface area contributed by atoms with Gasteiger partial charge in [-0.3, -0.25) is 9.59 Å². The number of nitrogens with one attached hydrogen (secondary N) is 1. The van der Waals surface area contributed by atoms with Crippen molar-refractivity contribution in [2.75, 3.05) is 19.8 Å². The van der Waals surface area contributed by atoms with E-state index in [1.165, 1.54) is 173 Å². The molecule has 1 aliphatic heterocycles. The third-order valence-corrected chi connectivity index (χ3v) is 14.0. The zero-order chi connectivity index (χ0) is 51.7. The Labute approximate surface area is 434 Å². The van der Waals surface area contributed by atoms with Gasteiger partial charge in [-0.25, -0.2) is 0 Å². The summed E-state index contributed by atoms with van der Waals surface area (Å²) in [7, 11) is 0. The molecule has 0 aromatic rings. The number of ether oxygens (including phenoxy) is 3. The second-order valence-corrected chi connectivity index (χ2v) is 20.7. The van der Waals surface area contributed by atoms with E-state index >= 15 is 0 Å². The number of esters is 1. The van der Waals surface area contributed by atoms with Crippen molar-refractivity contribution in [3.8, 4) is 0 Å². The topological polar surface area (TPSA) is 175 Å². The van der Waals surface area contributed by atoms with E-state index in [9.17, 15) is 35.1 Å². The Balaban J connectivity index is 2.02. The lowest BCUT2D eigenvalue weighted by Crippen LogP contribution is -2.60. The molecule has 7 unspecified atom stereocenters. The molecule has 1 amide bonds. The summed E-state index contributed by atoms with van der Waals surface area (Å²) in [5.74, 6) is -0.209. The fourth-order valence-electron chi connectivity index (χ4n) is 9.23. The van der Waals surface area contributed by atoms with Gasteiger partial charge in [0.25, 0.3) is 0 Å². The molecule has 1 fully saturated rings. The lowest BCUT2D eigenvalue weighted by Gasteiger charge is -2.40. The molecule has 1 aliphatic rings. The van der Waals surface area contributed by atoms with E-state index in [1.54, 1.807) is 6.08 Å². The van der Waals surface area contributed by atoms with Crippen molar-refractivity contribution >= 4 is 11.9 Å². The molecule has 11 nitrogen and oxygen atoms in total. The molecule has 0 bridgehead atoms. The molecule has 0 aromatic carbocycles.